The number of benzene rings is 2. The summed E-state index contributed by atoms with van der Waals surface area (Å²) in [6, 6.07) is 15.5. The van der Waals surface area contributed by atoms with Gasteiger partial charge in [-0.3, -0.25) is 9.69 Å². The Morgan fingerprint density at radius 2 is 1.52 bits per heavy atom. The van der Waals surface area contributed by atoms with Crippen LogP contribution >= 0.6 is 12.4 Å². The van der Waals surface area contributed by atoms with Crippen LogP contribution in [0.1, 0.15) is 40.7 Å². The molecular weight excluding hydrogens is 334 g/mol. The first kappa shape index (κ1) is 19.3. The van der Waals surface area contributed by atoms with E-state index >= 15 is 0 Å². The molecule has 4 nitrogen and oxygen atoms in total. The lowest BCUT2D eigenvalue weighted by atomic mass is 10.1. The molecule has 1 aliphatic heterocycles. The van der Waals surface area contributed by atoms with Gasteiger partial charge in [-0.1, -0.05) is 30.7 Å². The zero-order chi connectivity index (χ0) is 16.8. The molecule has 0 bridgehead atoms. The summed E-state index contributed by atoms with van der Waals surface area (Å²) in [5.74, 6) is -0.0765. The van der Waals surface area contributed by atoms with Gasteiger partial charge in [-0.15, -0.1) is 12.4 Å². The van der Waals surface area contributed by atoms with Crippen LogP contribution in [0.25, 0.3) is 0 Å². The lowest BCUT2D eigenvalue weighted by molar-refractivity contribution is 0.0951. The van der Waals surface area contributed by atoms with Crippen molar-refractivity contribution in [1.29, 1.82) is 0 Å². The first-order chi connectivity index (χ1) is 11.7. The zero-order valence-corrected chi connectivity index (χ0v) is 15.2. The summed E-state index contributed by atoms with van der Waals surface area (Å²) in [5, 5.41) is 2.95. The molecule has 134 valence electrons. The first-order valence-corrected chi connectivity index (χ1v) is 8.64. The van der Waals surface area contributed by atoms with Crippen molar-refractivity contribution in [2.45, 2.75) is 32.4 Å². The van der Waals surface area contributed by atoms with Gasteiger partial charge in [0, 0.05) is 24.3 Å². The van der Waals surface area contributed by atoms with Gasteiger partial charge in [0.25, 0.3) is 5.91 Å². The zero-order valence-electron chi connectivity index (χ0n) is 14.4. The number of nitrogens with two attached hydrogens (primary N) is 1. The molecule has 0 aromatic heterocycles. The highest BCUT2D eigenvalue weighted by molar-refractivity contribution is 5.94. The minimum Gasteiger partial charge on any atom is -0.399 e. The van der Waals surface area contributed by atoms with Crippen LogP contribution < -0.4 is 11.1 Å². The van der Waals surface area contributed by atoms with Gasteiger partial charge in [-0.25, -0.2) is 0 Å². The van der Waals surface area contributed by atoms with Crippen molar-refractivity contribution in [3.63, 3.8) is 0 Å². The van der Waals surface area contributed by atoms with E-state index in [0.717, 1.165) is 12.1 Å². The van der Waals surface area contributed by atoms with Crippen molar-refractivity contribution in [1.82, 2.24) is 10.2 Å². The molecule has 1 fully saturated rings. The van der Waals surface area contributed by atoms with Crippen LogP contribution in [0.2, 0.25) is 0 Å². The number of nitrogens with zero attached hydrogens (tertiary/aromatic N) is 1. The molecule has 0 aliphatic carbocycles. The van der Waals surface area contributed by atoms with Crippen molar-refractivity contribution < 1.29 is 4.79 Å². The van der Waals surface area contributed by atoms with Gasteiger partial charge in [-0.2, -0.15) is 0 Å². The van der Waals surface area contributed by atoms with Crippen LogP contribution in [-0.2, 0) is 13.1 Å². The molecule has 0 radical (unpaired) electrons. The summed E-state index contributed by atoms with van der Waals surface area (Å²) in [4.78, 5) is 14.6. The van der Waals surface area contributed by atoms with Gasteiger partial charge < -0.3 is 11.1 Å². The minimum absolute atomic E-state index is 0. The lowest BCUT2D eigenvalue weighted by Crippen LogP contribution is -2.29. The average molecular weight is 360 g/mol. The first-order valence-electron chi connectivity index (χ1n) is 8.64. The van der Waals surface area contributed by atoms with Crippen molar-refractivity contribution in [3.05, 3.63) is 65.2 Å². The van der Waals surface area contributed by atoms with Crippen molar-refractivity contribution in [3.8, 4) is 0 Å². The number of carbonyl (C=O) groups excluding carboxylic acids is 1. The Balaban J connectivity index is 0.00000225. The molecule has 1 heterocycles. The predicted molar refractivity (Wildman–Crippen MR) is 105 cm³/mol. The number of nitrogens with one attached hydrogen (secondary N) is 1. The van der Waals surface area contributed by atoms with Crippen LogP contribution in [0.3, 0.4) is 0 Å². The number of halogens is 1. The van der Waals surface area contributed by atoms with Gasteiger partial charge in [0.2, 0.25) is 0 Å². The SMILES string of the molecule is Cl.Nc1ccc(C(=O)NCc2ccc(CN3CCCCC3)cc2)cc1. The maximum Gasteiger partial charge on any atom is 0.251 e. The smallest absolute Gasteiger partial charge is 0.251 e. The number of rotatable bonds is 5. The summed E-state index contributed by atoms with van der Waals surface area (Å²) in [7, 11) is 0. The lowest BCUT2D eigenvalue weighted by Gasteiger charge is -2.26. The molecule has 5 heteroatoms. The molecule has 0 unspecified atom stereocenters. The Bertz CT molecular complexity index is 664. The number of anilines is 1. The largest absolute Gasteiger partial charge is 0.399 e. The molecule has 1 saturated heterocycles. The van der Waals surface area contributed by atoms with E-state index in [1.807, 2.05) is 0 Å². The fourth-order valence-corrected chi connectivity index (χ4v) is 3.06. The van der Waals surface area contributed by atoms with E-state index < -0.39 is 0 Å². The van der Waals surface area contributed by atoms with Gasteiger partial charge in [-0.05, 0) is 61.3 Å². The fraction of sp³-hybridized carbons (Fsp3) is 0.350. The van der Waals surface area contributed by atoms with E-state index in [1.54, 1.807) is 24.3 Å². The molecular formula is C20H26ClN3O. The molecule has 0 saturated carbocycles. The maximum atomic E-state index is 12.1. The Kier molecular flexibility index (Phi) is 7.29. The number of likely N-dealkylation sites (tertiary alicyclic amines) is 1. The monoisotopic (exact) mass is 359 g/mol. The Hall–Kier alpha value is -2.04. The normalized spacial score (nSPS) is 14.6. The molecule has 1 aliphatic rings. The van der Waals surface area contributed by atoms with Gasteiger partial charge >= 0.3 is 0 Å². The van der Waals surface area contributed by atoms with E-state index in [0.29, 0.717) is 17.8 Å². The molecule has 3 N–H and O–H groups in total. The Labute approximate surface area is 155 Å². The minimum atomic E-state index is -0.0765. The maximum absolute atomic E-state index is 12.1. The third-order valence-electron chi connectivity index (χ3n) is 4.50. The second kappa shape index (κ2) is 9.44. The highest BCUT2D eigenvalue weighted by Gasteiger charge is 2.10. The van der Waals surface area contributed by atoms with Crippen LogP contribution in [0, 0.1) is 0 Å². The van der Waals surface area contributed by atoms with Crippen molar-refractivity contribution >= 4 is 24.0 Å². The summed E-state index contributed by atoms with van der Waals surface area (Å²) < 4.78 is 0. The molecule has 0 atom stereocenters. The fourth-order valence-electron chi connectivity index (χ4n) is 3.06. The van der Waals surface area contributed by atoms with Gasteiger partial charge in [0.15, 0.2) is 0 Å². The van der Waals surface area contributed by atoms with Crippen LogP contribution in [-0.4, -0.2) is 23.9 Å². The molecule has 25 heavy (non-hydrogen) atoms. The summed E-state index contributed by atoms with van der Waals surface area (Å²) in [5.41, 5.74) is 9.38. The summed E-state index contributed by atoms with van der Waals surface area (Å²) >= 11 is 0. The number of amides is 1. The molecule has 2 aromatic rings. The van der Waals surface area contributed by atoms with E-state index in [9.17, 15) is 4.79 Å². The standard InChI is InChI=1S/C20H25N3O.ClH/c21-19-10-8-18(9-11-19)20(24)22-14-16-4-6-17(7-5-16)15-23-12-2-1-3-13-23;/h4-11H,1-3,12-15,21H2,(H,22,24);1H. The quantitative estimate of drug-likeness (QED) is 0.802. The molecule has 3 rings (SSSR count). The van der Waals surface area contributed by atoms with Gasteiger partial charge in [0.1, 0.15) is 0 Å². The van der Waals surface area contributed by atoms with Crippen molar-refractivity contribution in [2.24, 2.45) is 0 Å². The second-order valence-electron chi connectivity index (χ2n) is 6.46. The third-order valence-corrected chi connectivity index (χ3v) is 4.50. The van der Waals surface area contributed by atoms with E-state index in [2.05, 4.69) is 34.5 Å². The van der Waals surface area contributed by atoms with E-state index in [4.69, 9.17) is 5.73 Å². The van der Waals surface area contributed by atoms with Crippen LogP contribution in [0.5, 0.6) is 0 Å². The summed E-state index contributed by atoms with van der Waals surface area (Å²) in [6.45, 7) is 3.98. The number of hydrogen-bond acceptors (Lipinski definition) is 3. The average Bonchev–Trinajstić information content (AvgIpc) is 2.62. The summed E-state index contributed by atoms with van der Waals surface area (Å²) in [6.07, 6.45) is 3.99. The number of hydrogen-bond donors (Lipinski definition) is 2. The number of carbonyl (C=O) groups is 1. The molecule has 1 amide bonds. The second-order valence-corrected chi connectivity index (χ2v) is 6.46. The number of nitrogen functional groups attached to an aromatic ring is 1. The van der Waals surface area contributed by atoms with Gasteiger partial charge in [0.05, 0.1) is 0 Å². The highest BCUT2D eigenvalue weighted by Crippen LogP contribution is 2.14. The van der Waals surface area contributed by atoms with E-state index in [1.165, 1.54) is 37.9 Å². The highest BCUT2D eigenvalue weighted by atomic mass is 35.5. The molecule has 0 spiro atoms. The van der Waals surface area contributed by atoms with E-state index in [-0.39, 0.29) is 18.3 Å². The van der Waals surface area contributed by atoms with Crippen molar-refractivity contribution in [2.75, 3.05) is 18.8 Å². The Morgan fingerprint density at radius 3 is 2.16 bits per heavy atom. The van der Waals surface area contributed by atoms with Crippen LogP contribution in [0.15, 0.2) is 48.5 Å². The van der Waals surface area contributed by atoms with Crippen LogP contribution in [0.4, 0.5) is 5.69 Å². The predicted octanol–water partition coefficient (Wildman–Crippen LogP) is 3.61. The Morgan fingerprint density at radius 1 is 0.920 bits per heavy atom. The molecule has 2 aromatic carbocycles. The topological polar surface area (TPSA) is 58.4 Å². The third kappa shape index (κ3) is 5.76. The number of piperidine rings is 1.